The summed E-state index contributed by atoms with van der Waals surface area (Å²) in [6, 6.07) is 12.2. The van der Waals surface area contributed by atoms with Gasteiger partial charge < -0.3 is 15.6 Å². The summed E-state index contributed by atoms with van der Waals surface area (Å²) in [4.78, 5) is 12.8. The normalized spacial score (nSPS) is 11.1. The first-order valence-corrected chi connectivity index (χ1v) is 9.78. The fraction of sp³-hybridized carbons (Fsp3) is 0.0526. The number of methoxy groups -OCH3 is 1. The number of nitrogen functional groups attached to an aromatic ring is 1. The van der Waals surface area contributed by atoms with Crippen LogP contribution in [0.5, 0.6) is 11.5 Å². The van der Waals surface area contributed by atoms with Gasteiger partial charge in [0.05, 0.1) is 17.8 Å². The van der Waals surface area contributed by atoms with E-state index < -0.39 is 5.91 Å². The quantitative estimate of drug-likeness (QED) is 0.266. The number of hydrogen-bond acceptors (Lipinski definition) is 10. The van der Waals surface area contributed by atoms with Crippen molar-refractivity contribution in [1.82, 2.24) is 30.7 Å². The van der Waals surface area contributed by atoms with E-state index >= 15 is 0 Å². The molecule has 13 heteroatoms. The fourth-order valence-corrected chi connectivity index (χ4v) is 3.28. The third-order valence-electron chi connectivity index (χ3n) is 4.28. The van der Waals surface area contributed by atoms with Crippen molar-refractivity contribution in [2.75, 3.05) is 12.8 Å². The average molecular weight is 499 g/mol. The van der Waals surface area contributed by atoms with Gasteiger partial charge in [-0.15, -0.1) is 5.10 Å². The van der Waals surface area contributed by atoms with Gasteiger partial charge in [-0.05, 0) is 43.9 Å². The molecule has 0 fully saturated rings. The Morgan fingerprint density at radius 2 is 2.09 bits per heavy atom. The van der Waals surface area contributed by atoms with Gasteiger partial charge >= 0.3 is 0 Å². The van der Waals surface area contributed by atoms with Gasteiger partial charge in [0.1, 0.15) is 5.69 Å². The number of phenolic OH excluding ortho intramolecular Hbond substituents is 1. The van der Waals surface area contributed by atoms with Gasteiger partial charge in [-0.2, -0.15) is 9.78 Å². The summed E-state index contributed by atoms with van der Waals surface area (Å²) in [6.07, 6.45) is 1.39. The number of aromatic hydroxyl groups is 1. The number of ether oxygens (including phenoxy) is 1. The first-order chi connectivity index (χ1) is 15.5. The average Bonchev–Trinajstić information content (AvgIpc) is 3.42. The zero-order valence-electron chi connectivity index (χ0n) is 16.4. The minimum Gasteiger partial charge on any atom is -0.503 e. The Morgan fingerprint density at radius 1 is 1.31 bits per heavy atom. The maximum Gasteiger partial charge on any atom is 0.294 e. The van der Waals surface area contributed by atoms with Crippen molar-refractivity contribution < 1.29 is 19.3 Å². The van der Waals surface area contributed by atoms with Crippen LogP contribution in [0.25, 0.3) is 17.1 Å². The van der Waals surface area contributed by atoms with Crippen molar-refractivity contribution in [2.24, 2.45) is 5.10 Å². The van der Waals surface area contributed by atoms with E-state index in [2.05, 4.69) is 51.7 Å². The van der Waals surface area contributed by atoms with Gasteiger partial charge in [0, 0.05) is 5.56 Å². The Labute approximate surface area is 188 Å². The van der Waals surface area contributed by atoms with Crippen molar-refractivity contribution in [3.8, 4) is 28.6 Å². The molecular formula is C19H15BrN8O4. The van der Waals surface area contributed by atoms with Crippen LogP contribution >= 0.6 is 15.9 Å². The van der Waals surface area contributed by atoms with E-state index in [1.165, 1.54) is 18.0 Å². The zero-order chi connectivity index (χ0) is 22.7. The minimum absolute atomic E-state index is 0.0103. The highest BCUT2D eigenvalue weighted by Gasteiger charge is 2.25. The van der Waals surface area contributed by atoms with Crippen LogP contribution in [0.4, 0.5) is 5.82 Å². The summed E-state index contributed by atoms with van der Waals surface area (Å²) in [6.45, 7) is 0. The molecule has 2 aromatic carbocycles. The molecule has 0 aliphatic carbocycles. The molecule has 0 aliphatic heterocycles. The van der Waals surface area contributed by atoms with Crippen LogP contribution in [0.2, 0.25) is 0 Å². The van der Waals surface area contributed by atoms with Gasteiger partial charge in [-0.3, -0.25) is 4.79 Å². The maximum atomic E-state index is 12.8. The third-order valence-corrected chi connectivity index (χ3v) is 4.88. The van der Waals surface area contributed by atoms with Crippen molar-refractivity contribution in [3.05, 3.63) is 58.2 Å². The number of halogens is 1. The second kappa shape index (κ2) is 8.85. The SMILES string of the molecule is COc1cc(/C=N\NC(=O)c2nnn(-c3nonc3N)c2-c2ccccc2)cc(Br)c1O. The highest BCUT2D eigenvalue weighted by Crippen LogP contribution is 2.34. The van der Waals surface area contributed by atoms with Crippen LogP contribution in [0.3, 0.4) is 0 Å². The molecule has 0 bridgehead atoms. The number of nitrogens with one attached hydrogen (secondary N) is 1. The predicted molar refractivity (Wildman–Crippen MR) is 116 cm³/mol. The highest BCUT2D eigenvalue weighted by molar-refractivity contribution is 9.10. The van der Waals surface area contributed by atoms with Crippen LogP contribution in [0, 0.1) is 0 Å². The summed E-state index contributed by atoms with van der Waals surface area (Å²) in [5, 5.41) is 29.1. The molecule has 1 amide bonds. The summed E-state index contributed by atoms with van der Waals surface area (Å²) in [5.41, 5.74) is 9.72. The molecule has 2 aromatic heterocycles. The Hall–Kier alpha value is -4.26. The van der Waals surface area contributed by atoms with Gasteiger partial charge in [-0.1, -0.05) is 35.5 Å². The molecular weight excluding hydrogens is 484 g/mol. The van der Waals surface area contributed by atoms with Crippen LogP contribution in [0.15, 0.2) is 56.7 Å². The zero-order valence-corrected chi connectivity index (χ0v) is 18.0. The molecule has 0 spiro atoms. The first kappa shape index (κ1) is 21.0. The highest BCUT2D eigenvalue weighted by atomic mass is 79.9. The number of nitrogens with two attached hydrogens (primary N) is 1. The smallest absolute Gasteiger partial charge is 0.294 e. The van der Waals surface area contributed by atoms with E-state index in [0.717, 1.165) is 0 Å². The molecule has 12 nitrogen and oxygen atoms in total. The molecule has 162 valence electrons. The Kier molecular flexibility index (Phi) is 5.81. The van der Waals surface area contributed by atoms with E-state index in [0.29, 0.717) is 21.3 Å². The van der Waals surface area contributed by atoms with E-state index in [1.807, 2.05) is 6.07 Å². The molecule has 0 saturated heterocycles. The lowest BCUT2D eigenvalue weighted by molar-refractivity contribution is 0.0950. The van der Waals surface area contributed by atoms with Crippen molar-refractivity contribution >= 4 is 33.9 Å². The summed E-state index contributed by atoms with van der Waals surface area (Å²) < 4.78 is 11.4. The number of amides is 1. The van der Waals surface area contributed by atoms with E-state index in [1.54, 1.807) is 36.4 Å². The fourth-order valence-electron chi connectivity index (χ4n) is 2.82. The van der Waals surface area contributed by atoms with E-state index in [4.69, 9.17) is 10.5 Å². The summed E-state index contributed by atoms with van der Waals surface area (Å²) >= 11 is 3.23. The maximum absolute atomic E-state index is 12.8. The second-order valence-corrected chi connectivity index (χ2v) is 7.14. The lowest BCUT2D eigenvalue weighted by atomic mass is 10.1. The summed E-state index contributed by atoms with van der Waals surface area (Å²) in [5.74, 6) is -0.324. The first-order valence-electron chi connectivity index (χ1n) is 8.99. The molecule has 32 heavy (non-hydrogen) atoms. The standard InChI is InChI=1S/C19H15BrN8O4/c1-31-13-8-10(7-12(20)16(13)29)9-22-24-19(30)14-15(11-5-3-2-4-6-11)28(27-23-14)18-17(21)25-32-26-18/h2-9,29H,1H3,(H2,21,25)(H,24,30)/b22-9-. The number of carbonyl (C=O) groups is 1. The van der Waals surface area contributed by atoms with Gasteiger partial charge in [0.25, 0.3) is 5.91 Å². The van der Waals surface area contributed by atoms with E-state index in [9.17, 15) is 9.90 Å². The van der Waals surface area contributed by atoms with Crippen LogP contribution < -0.4 is 15.9 Å². The minimum atomic E-state index is -0.619. The molecule has 0 aliphatic rings. The van der Waals surface area contributed by atoms with Gasteiger partial charge in [0.2, 0.25) is 11.6 Å². The van der Waals surface area contributed by atoms with Gasteiger partial charge in [-0.25, -0.2) is 10.1 Å². The number of hydrazone groups is 1. The predicted octanol–water partition coefficient (Wildman–Crippen LogP) is 2.14. The Morgan fingerprint density at radius 3 is 2.78 bits per heavy atom. The number of phenols is 1. The topological polar surface area (TPSA) is 167 Å². The molecule has 4 N–H and O–H groups in total. The monoisotopic (exact) mass is 498 g/mol. The second-order valence-electron chi connectivity index (χ2n) is 6.29. The van der Waals surface area contributed by atoms with Crippen molar-refractivity contribution in [1.29, 1.82) is 0 Å². The largest absolute Gasteiger partial charge is 0.503 e. The summed E-state index contributed by atoms with van der Waals surface area (Å²) in [7, 11) is 1.43. The van der Waals surface area contributed by atoms with Gasteiger partial charge in [0.15, 0.2) is 17.2 Å². The number of benzene rings is 2. The number of carbonyl (C=O) groups excluding carboxylic acids is 1. The Balaban J connectivity index is 1.65. The van der Waals surface area contributed by atoms with Crippen LogP contribution in [-0.2, 0) is 0 Å². The third kappa shape index (κ3) is 4.00. The van der Waals surface area contributed by atoms with Crippen LogP contribution in [0.1, 0.15) is 16.1 Å². The lowest BCUT2D eigenvalue weighted by Crippen LogP contribution is -2.19. The molecule has 0 unspecified atom stereocenters. The number of aromatic nitrogens is 5. The lowest BCUT2D eigenvalue weighted by Gasteiger charge is -2.06. The Bertz CT molecular complexity index is 1300. The van der Waals surface area contributed by atoms with Crippen LogP contribution in [-0.4, -0.2) is 49.6 Å². The molecule has 4 rings (SSSR count). The number of anilines is 1. The molecule has 0 radical (unpaired) electrons. The number of rotatable bonds is 6. The van der Waals surface area contributed by atoms with E-state index in [-0.39, 0.29) is 28.8 Å². The molecule has 0 atom stereocenters. The van der Waals surface area contributed by atoms with Crippen molar-refractivity contribution in [3.63, 3.8) is 0 Å². The number of hydrogen-bond donors (Lipinski definition) is 3. The molecule has 4 aromatic rings. The van der Waals surface area contributed by atoms with Crippen molar-refractivity contribution in [2.45, 2.75) is 0 Å². The number of nitrogens with zero attached hydrogens (tertiary/aromatic N) is 6. The molecule has 2 heterocycles. The molecule has 0 saturated carbocycles.